The summed E-state index contributed by atoms with van der Waals surface area (Å²) in [6.07, 6.45) is -3.56. The number of benzene rings is 1. The van der Waals surface area contributed by atoms with Crippen LogP contribution in [-0.4, -0.2) is 31.1 Å². The van der Waals surface area contributed by atoms with Gasteiger partial charge in [-0.2, -0.15) is 13.2 Å². The third-order valence-corrected chi connectivity index (χ3v) is 3.41. The molecule has 6 heteroatoms. The lowest BCUT2D eigenvalue weighted by molar-refractivity contribution is -0.137. The van der Waals surface area contributed by atoms with E-state index >= 15 is 0 Å². The fraction of sp³-hybridized carbons (Fsp3) is 0.600. The van der Waals surface area contributed by atoms with Crippen LogP contribution >= 0.6 is 0 Å². The highest BCUT2D eigenvalue weighted by Gasteiger charge is 2.30. The van der Waals surface area contributed by atoms with E-state index in [4.69, 9.17) is 0 Å². The first-order valence-electron chi connectivity index (χ1n) is 7.17. The minimum Gasteiger partial charge on any atom is -0.313 e. The quantitative estimate of drug-likeness (QED) is 0.582. The molecule has 0 aliphatic rings. The zero-order valence-corrected chi connectivity index (χ0v) is 12.4. The van der Waals surface area contributed by atoms with E-state index in [9.17, 15) is 17.6 Å². The number of alkyl halides is 3. The van der Waals surface area contributed by atoms with Crippen LogP contribution in [0.5, 0.6) is 0 Å². The molecule has 0 spiro atoms. The van der Waals surface area contributed by atoms with Gasteiger partial charge in [0.15, 0.2) is 0 Å². The fourth-order valence-electron chi connectivity index (χ4n) is 2.08. The Hall–Kier alpha value is -1.14. The van der Waals surface area contributed by atoms with Gasteiger partial charge in [-0.15, -0.1) is 0 Å². The molecule has 1 aromatic rings. The maximum atomic E-state index is 13.5. The van der Waals surface area contributed by atoms with Crippen molar-refractivity contribution in [2.45, 2.75) is 33.0 Å². The number of halogens is 4. The highest BCUT2D eigenvalue weighted by atomic mass is 19.4. The lowest BCUT2D eigenvalue weighted by Gasteiger charge is -2.17. The van der Waals surface area contributed by atoms with Gasteiger partial charge in [0.05, 0.1) is 5.56 Å². The van der Waals surface area contributed by atoms with E-state index in [1.54, 1.807) is 0 Å². The average Bonchev–Trinajstić information content (AvgIpc) is 2.43. The number of nitrogens with zero attached hydrogens (tertiary/aromatic N) is 1. The van der Waals surface area contributed by atoms with Crippen LogP contribution in [0.2, 0.25) is 0 Å². The van der Waals surface area contributed by atoms with Crippen LogP contribution in [0.1, 0.15) is 31.4 Å². The van der Waals surface area contributed by atoms with Gasteiger partial charge in [-0.3, -0.25) is 0 Å². The maximum Gasteiger partial charge on any atom is 0.416 e. The van der Waals surface area contributed by atoms with Gasteiger partial charge in [0.1, 0.15) is 5.82 Å². The summed E-state index contributed by atoms with van der Waals surface area (Å²) in [5, 5.41) is 2.99. The van der Waals surface area contributed by atoms with Crippen molar-refractivity contribution in [3.8, 4) is 0 Å². The summed E-state index contributed by atoms with van der Waals surface area (Å²) in [6.45, 7) is 7.77. The number of rotatable bonds is 8. The molecule has 0 bridgehead atoms. The second-order valence-electron chi connectivity index (χ2n) is 4.86. The SMILES string of the molecule is CCN(CC)CCCNCc1cc(C(F)(F)F)ccc1F. The van der Waals surface area contributed by atoms with Gasteiger partial charge in [-0.1, -0.05) is 13.8 Å². The van der Waals surface area contributed by atoms with Gasteiger partial charge in [-0.05, 0) is 50.8 Å². The first kappa shape index (κ1) is 17.9. The monoisotopic (exact) mass is 306 g/mol. The average molecular weight is 306 g/mol. The second kappa shape index (κ2) is 8.34. The molecule has 1 aromatic carbocycles. The number of hydrogen-bond donors (Lipinski definition) is 1. The molecule has 2 nitrogen and oxygen atoms in total. The summed E-state index contributed by atoms with van der Waals surface area (Å²) in [5.41, 5.74) is -0.767. The molecule has 0 saturated carbocycles. The van der Waals surface area contributed by atoms with Gasteiger partial charge in [0.25, 0.3) is 0 Å². The van der Waals surface area contributed by atoms with E-state index in [0.29, 0.717) is 6.54 Å². The molecular formula is C15H22F4N2. The molecule has 0 unspecified atom stereocenters. The van der Waals surface area contributed by atoms with E-state index in [2.05, 4.69) is 24.1 Å². The molecule has 0 radical (unpaired) electrons. The van der Waals surface area contributed by atoms with Crippen molar-refractivity contribution in [2.75, 3.05) is 26.2 Å². The van der Waals surface area contributed by atoms with Crippen LogP contribution in [0.3, 0.4) is 0 Å². The van der Waals surface area contributed by atoms with Crippen LogP contribution < -0.4 is 5.32 Å². The van der Waals surface area contributed by atoms with E-state index < -0.39 is 17.6 Å². The molecule has 1 rings (SSSR count). The minimum absolute atomic E-state index is 0.0488. The Morgan fingerprint density at radius 3 is 2.38 bits per heavy atom. The standard InChI is InChI=1S/C15H22F4N2/c1-3-21(4-2)9-5-8-20-11-12-10-13(15(17,18)19)6-7-14(12)16/h6-7,10,20H,3-5,8-9,11H2,1-2H3. The normalized spacial score (nSPS) is 12.1. The van der Waals surface area contributed by atoms with Crippen LogP contribution in [-0.2, 0) is 12.7 Å². The smallest absolute Gasteiger partial charge is 0.313 e. The van der Waals surface area contributed by atoms with Crippen LogP contribution in [0.25, 0.3) is 0 Å². The molecule has 0 saturated heterocycles. The van der Waals surface area contributed by atoms with Crippen molar-refractivity contribution in [1.82, 2.24) is 10.2 Å². The summed E-state index contributed by atoms with van der Waals surface area (Å²) >= 11 is 0. The summed E-state index contributed by atoms with van der Waals surface area (Å²) in [6, 6.07) is 2.50. The van der Waals surface area contributed by atoms with E-state index in [0.717, 1.165) is 44.3 Å². The van der Waals surface area contributed by atoms with Crippen molar-refractivity contribution in [2.24, 2.45) is 0 Å². The Morgan fingerprint density at radius 2 is 1.81 bits per heavy atom. The zero-order chi connectivity index (χ0) is 15.9. The maximum absolute atomic E-state index is 13.5. The third kappa shape index (κ3) is 6.01. The van der Waals surface area contributed by atoms with Crippen molar-refractivity contribution in [3.63, 3.8) is 0 Å². The molecule has 120 valence electrons. The Bertz CT molecular complexity index is 428. The Morgan fingerprint density at radius 1 is 1.14 bits per heavy atom. The van der Waals surface area contributed by atoms with Gasteiger partial charge in [0, 0.05) is 12.1 Å². The third-order valence-electron chi connectivity index (χ3n) is 3.41. The van der Waals surface area contributed by atoms with Crippen LogP contribution in [0.15, 0.2) is 18.2 Å². The van der Waals surface area contributed by atoms with Gasteiger partial charge in [-0.25, -0.2) is 4.39 Å². The Labute approximate surface area is 123 Å². The molecule has 0 heterocycles. The van der Waals surface area contributed by atoms with E-state index in [1.165, 1.54) is 0 Å². The predicted octanol–water partition coefficient (Wildman–Crippen LogP) is 3.67. The molecule has 0 aliphatic heterocycles. The second-order valence-corrected chi connectivity index (χ2v) is 4.86. The van der Waals surface area contributed by atoms with Crippen molar-refractivity contribution in [3.05, 3.63) is 35.1 Å². The molecule has 0 fully saturated rings. The topological polar surface area (TPSA) is 15.3 Å². The minimum atomic E-state index is -4.44. The number of hydrogen-bond acceptors (Lipinski definition) is 2. The molecule has 0 amide bonds. The molecule has 0 atom stereocenters. The molecule has 0 aromatic heterocycles. The predicted molar refractivity (Wildman–Crippen MR) is 75.5 cm³/mol. The molecular weight excluding hydrogens is 284 g/mol. The highest BCUT2D eigenvalue weighted by Crippen LogP contribution is 2.30. The summed E-state index contributed by atoms with van der Waals surface area (Å²) < 4.78 is 51.2. The lowest BCUT2D eigenvalue weighted by Crippen LogP contribution is -2.27. The first-order valence-corrected chi connectivity index (χ1v) is 7.17. The van der Waals surface area contributed by atoms with Gasteiger partial charge in [0.2, 0.25) is 0 Å². The Kier molecular flexibility index (Phi) is 7.11. The van der Waals surface area contributed by atoms with Gasteiger partial charge >= 0.3 is 6.18 Å². The molecule has 1 N–H and O–H groups in total. The summed E-state index contributed by atoms with van der Waals surface area (Å²) in [4.78, 5) is 2.26. The van der Waals surface area contributed by atoms with Crippen LogP contribution in [0.4, 0.5) is 17.6 Å². The summed E-state index contributed by atoms with van der Waals surface area (Å²) in [5.74, 6) is -0.612. The van der Waals surface area contributed by atoms with Gasteiger partial charge < -0.3 is 10.2 Å². The molecule has 21 heavy (non-hydrogen) atoms. The van der Waals surface area contributed by atoms with Crippen molar-refractivity contribution in [1.29, 1.82) is 0 Å². The van der Waals surface area contributed by atoms with Crippen molar-refractivity contribution >= 4 is 0 Å². The Balaban J connectivity index is 2.45. The van der Waals surface area contributed by atoms with E-state index in [-0.39, 0.29) is 12.1 Å². The zero-order valence-electron chi connectivity index (χ0n) is 12.4. The van der Waals surface area contributed by atoms with Crippen LogP contribution in [0, 0.1) is 5.82 Å². The highest BCUT2D eigenvalue weighted by molar-refractivity contribution is 5.27. The lowest BCUT2D eigenvalue weighted by atomic mass is 10.1. The first-order chi connectivity index (χ1) is 9.88. The van der Waals surface area contributed by atoms with E-state index in [1.807, 2.05) is 0 Å². The van der Waals surface area contributed by atoms with Crippen molar-refractivity contribution < 1.29 is 17.6 Å². The largest absolute Gasteiger partial charge is 0.416 e. The number of nitrogens with one attached hydrogen (secondary N) is 1. The molecule has 0 aliphatic carbocycles. The summed E-state index contributed by atoms with van der Waals surface area (Å²) in [7, 11) is 0. The fourth-order valence-corrected chi connectivity index (χ4v) is 2.08.